The van der Waals surface area contributed by atoms with Gasteiger partial charge in [0.1, 0.15) is 11.6 Å². The van der Waals surface area contributed by atoms with Crippen LogP contribution in [0.3, 0.4) is 0 Å². The van der Waals surface area contributed by atoms with E-state index in [2.05, 4.69) is 21.4 Å². The van der Waals surface area contributed by atoms with Crippen LogP contribution >= 0.6 is 0 Å². The summed E-state index contributed by atoms with van der Waals surface area (Å²) < 4.78 is 5.44. The van der Waals surface area contributed by atoms with Crippen molar-refractivity contribution in [2.24, 2.45) is 5.84 Å². The summed E-state index contributed by atoms with van der Waals surface area (Å²) >= 11 is 0. The highest BCUT2D eigenvalue weighted by Gasteiger charge is 2.30. The first-order valence-corrected chi connectivity index (χ1v) is 6.54. The Labute approximate surface area is 112 Å². The van der Waals surface area contributed by atoms with Crippen LogP contribution < -0.4 is 11.3 Å². The van der Waals surface area contributed by atoms with Gasteiger partial charge in [0.15, 0.2) is 0 Å². The Morgan fingerprint density at radius 2 is 2.21 bits per heavy atom. The van der Waals surface area contributed by atoms with Gasteiger partial charge >= 0.3 is 0 Å². The monoisotopic (exact) mass is 258 g/mol. The van der Waals surface area contributed by atoms with E-state index in [1.807, 2.05) is 18.2 Å². The van der Waals surface area contributed by atoms with E-state index < -0.39 is 0 Å². The fraction of sp³-hybridized carbons (Fsp3) is 0.357. The summed E-state index contributed by atoms with van der Waals surface area (Å²) in [4.78, 5) is 6.65. The van der Waals surface area contributed by atoms with E-state index in [9.17, 15) is 0 Å². The molecule has 0 saturated heterocycles. The van der Waals surface area contributed by atoms with Crippen LogP contribution in [-0.2, 0) is 13.1 Å². The van der Waals surface area contributed by atoms with Crippen molar-refractivity contribution in [1.82, 2.24) is 9.88 Å². The number of furan rings is 1. The van der Waals surface area contributed by atoms with Crippen molar-refractivity contribution in [3.05, 3.63) is 48.0 Å². The van der Waals surface area contributed by atoms with Crippen molar-refractivity contribution >= 4 is 5.82 Å². The Hall–Kier alpha value is -1.85. The highest BCUT2D eigenvalue weighted by Crippen LogP contribution is 2.30. The molecular formula is C14H18N4O. The molecule has 0 bridgehead atoms. The van der Waals surface area contributed by atoms with Crippen LogP contribution in [0.25, 0.3) is 0 Å². The lowest BCUT2D eigenvalue weighted by atomic mass is 10.2. The lowest BCUT2D eigenvalue weighted by molar-refractivity contribution is 0.225. The smallest absolute Gasteiger partial charge is 0.144 e. The molecule has 0 aromatic carbocycles. The molecule has 1 saturated carbocycles. The van der Waals surface area contributed by atoms with E-state index >= 15 is 0 Å². The lowest BCUT2D eigenvalue weighted by Crippen LogP contribution is -2.26. The third kappa shape index (κ3) is 2.94. The zero-order valence-electron chi connectivity index (χ0n) is 10.7. The largest absolute Gasteiger partial charge is 0.468 e. The van der Waals surface area contributed by atoms with Crippen LogP contribution in [0.4, 0.5) is 5.82 Å². The van der Waals surface area contributed by atoms with Gasteiger partial charge < -0.3 is 9.84 Å². The standard InChI is InChI=1S/C14H18N4O/c15-17-14-11(3-1-7-16-14)9-18(12-5-6-12)10-13-4-2-8-19-13/h1-4,7-8,12H,5-6,9-10,15H2,(H,16,17). The van der Waals surface area contributed by atoms with Crippen molar-refractivity contribution in [1.29, 1.82) is 0 Å². The number of nitrogens with two attached hydrogens (primary N) is 1. The van der Waals surface area contributed by atoms with Crippen LogP contribution in [-0.4, -0.2) is 15.9 Å². The first-order chi connectivity index (χ1) is 9.36. The lowest BCUT2D eigenvalue weighted by Gasteiger charge is -2.21. The van der Waals surface area contributed by atoms with E-state index in [0.29, 0.717) is 6.04 Å². The Morgan fingerprint density at radius 3 is 2.89 bits per heavy atom. The third-order valence-electron chi connectivity index (χ3n) is 3.40. The van der Waals surface area contributed by atoms with Gasteiger partial charge in [-0.2, -0.15) is 0 Å². The number of aromatic nitrogens is 1. The average Bonchev–Trinajstić information content (AvgIpc) is 3.17. The zero-order chi connectivity index (χ0) is 13.1. The van der Waals surface area contributed by atoms with Gasteiger partial charge in [-0.15, -0.1) is 0 Å². The summed E-state index contributed by atoms with van der Waals surface area (Å²) in [6.45, 7) is 1.66. The van der Waals surface area contributed by atoms with Crippen molar-refractivity contribution in [3.63, 3.8) is 0 Å². The molecule has 0 amide bonds. The van der Waals surface area contributed by atoms with Gasteiger partial charge in [-0.1, -0.05) is 6.07 Å². The third-order valence-corrected chi connectivity index (χ3v) is 3.40. The van der Waals surface area contributed by atoms with Gasteiger partial charge in [-0.3, -0.25) is 4.90 Å². The van der Waals surface area contributed by atoms with Crippen molar-refractivity contribution in [2.45, 2.75) is 32.0 Å². The average molecular weight is 258 g/mol. The fourth-order valence-corrected chi connectivity index (χ4v) is 2.27. The number of pyridine rings is 1. The molecule has 1 aliphatic carbocycles. The molecule has 0 atom stereocenters. The summed E-state index contributed by atoms with van der Waals surface area (Å²) in [7, 11) is 0. The molecule has 3 rings (SSSR count). The molecule has 5 nitrogen and oxygen atoms in total. The Morgan fingerprint density at radius 1 is 1.32 bits per heavy atom. The molecule has 100 valence electrons. The van der Waals surface area contributed by atoms with Crippen LogP contribution in [0, 0.1) is 0 Å². The highest BCUT2D eigenvalue weighted by molar-refractivity contribution is 5.42. The minimum Gasteiger partial charge on any atom is -0.468 e. The summed E-state index contributed by atoms with van der Waals surface area (Å²) in [6.07, 6.45) is 5.97. The summed E-state index contributed by atoms with van der Waals surface area (Å²) in [6, 6.07) is 8.59. The molecule has 3 N–H and O–H groups in total. The summed E-state index contributed by atoms with van der Waals surface area (Å²) in [5.41, 5.74) is 3.77. The van der Waals surface area contributed by atoms with Gasteiger partial charge in [0.25, 0.3) is 0 Å². The maximum Gasteiger partial charge on any atom is 0.144 e. The number of nitrogens with zero attached hydrogens (tertiary/aromatic N) is 2. The second kappa shape index (κ2) is 5.42. The van der Waals surface area contributed by atoms with Gasteiger partial charge in [-0.25, -0.2) is 10.8 Å². The molecule has 0 radical (unpaired) electrons. The molecule has 0 spiro atoms. The van der Waals surface area contributed by atoms with Crippen LogP contribution in [0.15, 0.2) is 41.1 Å². The number of anilines is 1. The number of hydrogen-bond acceptors (Lipinski definition) is 5. The molecule has 0 unspecified atom stereocenters. The van der Waals surface area contributed by atoms with E-state index in [1.165, 1.54) is 12.8 Å². The maximum atomic E-state index is 5.50. The van der Waals surface area contributed by atoms with Crippen molar-refractivity contribution < 1.29 is 4.42 Å². The highest BCUT2D eigenvalue weighted by atomic mass is 16.3. The van der Waals surface area contributed by atoms with E-state index in [4.69, 9.17) is 10.3 Å². The van der Waals surface area contributed by atoms with E-state index in [1.54, 1.807) is 12.5 Å². The Kier molecular flexibility index (Phi) is 3.48. The van der Waals surface area contributed by atoms with E-state index in [-0.39, 0.29) is 0 Å². The SMILES string of the molecule is NNc1ncccc1CN(Cc1ccco1)C1CC1. The minimum atomic E-state index is 0.649. The first-order valence-electron chi connectivity index (χ1n) is 6.54. The van der Waals surface area contributed by atoms with Crippen molar-refractivity contribution in [2.75, 3.05) is 5.43 Å². The number of nitrogens with one attached hydrogen (secondary N) is 1. The predicted octanol–water partition coefficient (Wildman–Crippen LogP) is 2.12. The maximum absolute atomic E-state index is 5.50. The molecule has 0 aliphatic heterocycles. The molecule has 1 aliphatic rings. The van der Waals surface area contributed by atoms with Crippen LogP contribution in [0.5, 0.6) is 0 Å². The van der Waals surface area contributed by atoms with E-state index in [0.717, 1.165) is 30.2 Å². The Balaban J connectivity index is 1.74. The molecule has 19 heavy (non-hydrogen) atoms. The summed E-state index contributed by atoms with van der Waals surface area (Å²) in [5.74, 6) is 7.25. The molecule has 2 heterocycles. The molecular weight excluding hydrogens is 240 g/mol. The topological polar surface area (TPSA) is 67.3 Å². The number of nitrogen functional groups attached to an aromatic ring is 1. The predicted molar refractivity (Wildman–Crippen MR) is 73.0 cm³/mol. The Bertz CT molecular complexity index is 522. The van der Waals surface area contributed by atoms with Crippen molar-refractivity contribution in [3.8, 4) is 0 Å². The first kappa shape index (κ1) is 12.2. The fourth-order valence-electron chi connectivity index (χ4n) is 2.27. The minimum absolute atomic E-state index is 0.649. The van der Waals surface area contributed by atoms with Crippen LogP contribution in [0.1, 0.15) is 24.2 Å². The molecule has 5 heteroatoms. The second-order valence-electron chi connectivity index (χ2n) is 4.87. The quantitative estimate of drug-likeness (QED) is 0.613. The molecule has 2 aromatic rings. The molecule has 1 fully saturated rings. The number of rotatable bonds is 6. The molecule has 2 aromatic heterocycles. The zero-order valence-corrected chi connectivity index (χ0v) is 10.7. The van der Waals surface area contributed by atoms with Gasteiger partial charge in [-0.05, 0) is 31.0 Å². The normalized spacial score (nSPS) is 14.8. The summed E-state index contributed by atoms with van der Waals surface area (Å²) in [5, 5.41) is 0. The van der Waals surface area contributed by atoms with Gasteiger partial charge in [0.05, 0.1) is 12.8 Å². The second-order valence-corrected chi connectivity index (χ2v) is 4.87. The number of hydrogen-bond donors (Lipinski definition) is 2. The van der Waals surface area contributed by atoms with Gasteiger partial charge in [0, 0.05) is 24.3 Å². The van der Waals surface area contributed by atoms with Crippen LogP contribution in [0.2, 0.25) is 0 Å². The van der Waals surface area contributed by atoms with Gasteiger partial charge in [0.2, 0.25) is 0 Å². The number of hydrazine groups is 1.